The van der Waals surface area contributed by atoms with Crippen molar-refractivity contribution in [3.63, 3.8) is 0 Å². The largest absolute Gasteiger partial charge is 0.493 e. The number of ether oxygens (including phenoxy) is 2. The average molecular weight is 429 g/mol. The van der Waals surface area contributed by atoms with Gasteiger partial charge in [0.1, 0.15) is 0 Å². The predicted octanol–water partition coefficient (Wildman–Crippen LogP) is 5.91. The molecule has 0 radical (unpaired) electrons. The quantitative estimate of drug-likeness (QED) is 0.453. The van der Waals surface area contributed by atoms with E-state index in [1.54, 1.807) is 13.2 Å². The van der Waals surface area contributed by atoms with E-state index >= 15 is 0 Å². The van der Waals surface area contributed by atoms with Gasteiger partial charge in [0.25, 0.3) is 0 Å². The summed E-state index contributed by atoms with van der Waals surface area (Å²) in [5.74, 6) is 1.06. The second kappa shape index (κ2) is 10.1. The maximum absolute atomic E-state index is 12.2. The Bertz CT molecular complexity index is 1000. The van der Waals surface area contributed by atoms with Crippen LogP contribution in [0.1, 0.15) is 18.9 Å². The van der Waals surface area contributed by atoms with Gasteiger partial charge >= 0.3 is 0 Å². The smallest absolute Gasteiger partial charge is 0.250 e. The number of hydrogen-bond acceptors (Lipinski definition) is 5. The van der Waals surface area contributed by atoms with Crippen LogP contribution in [0.25, 0.3) is 17.3 Å². The molecule has 0 spiro atoms. The van der Waals surface area contributed by atoms with Crippen LogP contribution in [0.3, 0.4) is 0 Å². The molecule has 0 unspecified atom stereocenters. The third-order valence-electron chi connectivity index (χ3n) is 3.95. The van der Waals surface area contributed by atoms with Crippen LogP contribution in [0.2, 0.25) is 5.02 Å². The molecule has 0 aliphatic heterocycles. The molecule has 1 amide bonds. The van der Waals surface area contributed by atoms with E-state index in [1.807, 2.05) is 54.8 Å². The summed E-state index contributed by atoms with van der Waals surface area (Å²) in [7, 11) is 1.59. The van der Waals surface area contributed by atoms with Gasteiger partial charge in [0.2, 0.25) is 5.91 Å². The first-order chi connectivity index (χ1) is 14.1. The van der Waals surface area contributed by atoms with Crippen LogP contribution in [0.5, 0.6) is 11.5 Å². The van der Waals surface area contributed by atoms with E-state index in [0.717, 1.165) is 23.2 Å². The Morgan fingerprint density at radius 3 is 2.72 bits per heavy atom. The highest BCUT2D eigenvalue weighted by Gasteiger charge is 2.07. The Hall–Kier alpha value is -2.83. The Labute approximate surface area is 179 Å². The van der Waals surface area contributed by atoms with E-state index in [2.05, 4.69) is 10.3 Å². The fourth-order valence-corrected chi connectivity index (χ4v) is 3.37. The van der Waals surface area contributed by atoms with Gasteiger partial charge in [0.15, 0.2) is 16.6 Å². The first kappa shape index (κ1) is 20.9. The van der Waals surface area contributed by atoms with Crippen molar-refractivity contribution < 1.29 is 14.3 Å². The van der Waals surface area contributed by atoms with Gasteiger partial charge in [-0.2, -0.15) is 0 Å². The van der Waals surface area contributed by atoms with E-state index in [0.29, 0.717) is 28.3 Å². The van der Waals surface area contributed by atoms with Crippen molar-refractivity contribution in [3.05, 3.63) is 64.5 Å². The van der Waals surface area contributed by atoms with Gasteiger partial charge in [0, 0.05) is 22.0 Å². The number of nitrogens with zero attached hydrogens (tertiary/aromatic N) is 1. The van der Waals surface area contributed by atoms with Crippen molar-refractivity contribution in [2.75, 3.05) is 19.0 Å². The minimum Gasteiger partial charge on any atom is -0.493 e. The molecule has 29 heavy (non-hydrogen) atoms. The highest BCUT2D eigenvalue weighted by atomic mass is 35.5. The highest BCUT2D eigenvalue weighted by molar-refractivity contribution is 7.14. The van der Waals surface area contributed by atoms with Gasteiger partial charge in [-0.1, -0.05) is 36.7 Å². The van der Waals surface area contributed by atoms with E-state index in [-0.39, 0.29) is 5.91 Å². The van der Waals surface area contributed by atoms with Crippen LogP contribution < -0.4 is 14.8 Å². The summed E-state index contributed by atoms with van der Waals surface area (Å²) < 4.78 is 11.0. The summed E-state index contributed by atoms with van der Waals surface area (Å²) in [6.45, 7) is 2.67. The molecule has 0 aliphatic rings. The molecule has 0 saturated carbocycles. The molecule has 0 atom stereocenters. The van der Waals surface area contributed by atoms with Crippen LogP contribution in [0.15, 0.2) is 53.9 Å². The molecular formula is C22H21ClN2O3S. The lowest BCUT2D eigenvalue weighted by molar-refractivity contribution is -0.111. The maximum Gasteiger partial charge on any atom is 0.250 e. The van der Waals surface area contributed by atoms with Crippen molar-refractivity contribution in [2.24, 2.45) is 0 Å². The third-order valence-corrected chi connectivity index (χ3v) is 4.96. The van der Waals surface area contributed by atoms with E-state index in [4.69, 9.17) is 21.1 Å². The second-order valence-electron chi connectivity index (χ2n) is 6.13. The van der Waals surface area contributed by atoms with Crippen LogP contribution in [0.4, 0.5) is 5.13 Å². The lowest BCUT2D eigenvalue weighted by Gasteiger charge is -2.10. The summed E-state index contributed by atoms with van der Waals surface area (Å²) in [4.78, 5) is 16.7. The number of benzene rings is 2. The molecule has 7 heteroatoms. The zero-order valence-electron chi connectivity index (χ0n) is 16.1. The number of thiazole rings is 1. The van der Waals surface area contributed by atoms with Crippen LogP contribution in [-0.2, 0) is 4.79 Å². The molecule has 1 heterocycles. The normalized spacial score (nSPS) is 10.9. The van der Waals surface area contributed by atoms with Crippen molar-refractivity contribution in [3.8, 4) is 22.8 Å². The molecule has 2 aromatic carbocycles. The van der Waals surface area contributed by atoms with Crippen molar-refractivity contribution in [1.82, 2.24) is 4.98 Å². The van der Waals surface area contributed by atoms with Gasteiger partial charge in [-0.3, -0.25) is 10.1 Å². The molecule has 0 aliphatic carbocycles. The van der Waals surface area contributed by atoms with E-state index in [9.17, 15) is 4.79 Å². The maximum atomic E-state index is 12.2. The van der Waals surface area contributed by atoms with Gasteiger partial charge in [-0.05, 0) is 42.3 Å². The third kappa shape index (κ3) is 5.82. The van der Waals surface area contributed by atoms with Crippen molar-refractivity contribution >= 4 is 40.1 Å². The molecule has 1 N–H and O–H groups in total. The van der Waals surface area contributed by atoms with Gasteiger partial charge in [0.05, 0.1) is 19.4 Å². The monoisotopic (exact) mass is 428 g/mol. The first-order valence-corrected chi connectivity index (χ1v) is 10.4. The Balaban J connectivity index is 1.63. The number of carbonyl (C=O) groups excluding carboxylic acids is 1. The average Bonchev–Trinajstić information content (AvgIpc) is 3.19. The van der Waals surface area contributed by atoms with E-state index < -0.39 is 0 Å². The molecule has 3 aromatic rings. The molecule has 150 valence electrons. The summed E-state index contributed by atoms with van der Waals surface area (Å²) in [5, 5.41) is 5.88. The minimum atomic E-state index is -0.257. The van der Waals surface area contributed by atoms with Gasteiger partial charge < -0.3 is 9.47 Å². The summed E-state index contributed by atoms with van der Waals surface area (Å²) >= 11 is 7.28. The molecule has 1 aromatic heterocycles. The summed E-state index contributed by atoms with van der Waals surface area (Å²) in [5.41, 5.74) is 2.57. The number of anilines is 1. The van der Waals surface area contributed by atoms with Crippen molar-refractivity contribution in [1.29, 1.82) is 0 Å². The number of rotatable bonds is 8. The van der Waals surface area contributed by atoms with Crippen molar-refractivity contribution in [2.45, 2.75) is 13.3 Å². The number of aromatic nitrogens is 1. The number of hydrogen-bond donors (Lipinski definition) is 1. The van der Waals surface area contributed by atoms with Gasteiger partial charge in [-0.15, -0.1) is 11.3 Å². The number of carbonyl (C=O) groups is 1. The first-order valence-electron chi connectivity index (χ1n) is 9.10. The zero-order chi connectivity index (χ0) is 20.6. The molecule has 0 fully saturated rings. The lowest BCUT2D eigenvalue weighted by atomic mass is 10.2. The van der Waals surface area contributed by atoms with Gasteiger partial charge in [-0.25, -0.2) is 4.98 Å². The Morgan fingerprint density at radius 1 is 1.21 bits per heavy atom. The van der Waals surface area contributed by atoms with Crippen LogP contribution >= 0.6 is 22.9 Å². The Morgan fingerprint density at radius 2 is 2.00 bits per heavy atom. The fourth-order valence-electron chi connectivity index (χ4n) is 2.52. The number of methoxy groups -OCH3 is 1. The molecule has 0 saturated heterocycles. The van der Waals surface area contributed by atoms with E-state index in [1.165, 1.54) is 17.4 Å². The number of halogens is 1. The molecule has 5 nitrogen and oxygen atoms in total. The molecular weight excluding hydrogens is 408 g/mol. The molecule has 3 rings (SSSR count). The second-order valence-corrected chi connectivity index (χ2v) is 7.42. The highest BCUT2D eigenvalue weighted by Crippen LogP contribution is 2.29. The van der Waals surface area contributed by atoms with Crippen LogP contribution in [-0.4, -0.2) is 24.6 Å². The summed E-state index contributed by atoms with van der Waals surface area (Å²) in [6.07, 6.45) is 4.10. The standard InChI is InChI=1S/C22H21ClN2O3S/c1-3-12-28-19-10-4-15(13-20(19)27-2)5-11-21(26)25-22-24-18(14-29-22)16-6-8-17(23)9-7-16/h4-11,13-14H,3,12H2,1-2H3,(H,24,25,26). The number of amides is 1. The van der Waals surface area contributed by atoms with Crippen LogP contribution in [0, 0.1) is 0 Å². The summed E-state index contributed by atoms with van der Waals surface area (Å²) in [6, 6.07) is 12.9. The minimum absolute atomic E-state index is 0.257. The predicted molar refractivity (Wildman–Crippen MR) is 119 cm³/mol. The fraction of sp³-hybridized carbons (Fsp3) is 0.182. The Kier molecular flexibility index (Phi) is 7.27. The topological polar surface area (TPSA) is 60.5 Å². The zero-order valence-corrected chi connectivity index (χ0v) is 17.7. The lowest BCUT2D eigenvalue weighted by Crippen LogP contribution is -2.07. The SMILES string of the molecule is CCCOc1ccc(C=CC(=O)Nc2nc(-c3ccc(Cl)cc3)cs2)cc1OC. The number of nitrogens with one attached hydrogen (secondary N) is 1. The molecule has 0 bridgehead atoms.